The van der Waals surface area contributed by atoms with Crippen molar-refractivity contribution in [1.29, 1.82) is 0 Å². The topological polar surface area (TPSA) is 101 Å². The highest BCUT2D eigenvalue weighted by atomic mass is 32.2. The number of aryl methyl sites for hydroxylation is 2. The summed E-state index contributed by atoms with van der Waals surface area (Å²) < 4.78 is 26.4. The number of H-pyrrole nitrogens is 1. The molecule has 4 N–H and O–H groups in total. The van der Waals surface area contributed by atoms with Crippen molar-refractivity contribution in [1.82, 2.24) is 14.9 Å². The maximum Gasteiger partial charge on any atom is 0.244 e. The fourth-order valence-electron chi connectivity index (χ4n) is 1.34. The van der Waals surface area contributed by atoms with Gasteiger partial charge >= 0.3 is 0 Å². The van der Waals surface area contributed by atoms with Gasteiger partial charge < -0.3 is 5.73 Å². The van der Waals surface area contributed by atoms with Crippen molar-refractivity contribution < 1.29 is 8.42 Å². The number of nitrogens with two attached hydrogens (primary N) is 1. The fourth-order valence-corrected chi connectivity index (χ4v) is 2.88. The number of aromatic amines is 1. The van der Waals surface area contributed by atoms with E-state index >= 15 is 0 Å². The molecular formula is C9H18N4O2S. The third-order valence-corrected chi connectivity index (χ3v) is 4.04. The summed E-state index contributed by atoms with van der Waals surface area (Å²) in [5.74, 6) is 0.113. The quantitative estimate of drug-likeness (QED) is 0.675. The molecule has 16 heavy (non-hydrogen) atoms. The molecule has 0 aliphatic heterocycles. The Hall–Kier alpha value is -0.920. The largest absolute Gasteiger partial charge is 0.330 e. The van der Waals surface area contributed by atoms with Crippen LogP contribution in [0.4, 0.5) is 0 Å². The third-order valence-electron chi connectivity index (χ3n) is 2.35. The second-order valence-corrected chi connectivity index (χ2v) is 5.66. The van der Waals surface area contributed by atoms with Crippen molar-refractivity contribution in [3.05, 3.63) is 11.4 Å². The lowest BCUT2D eigenvalue weighted by Crippen LogP contribution is -2.31. The minimum atomic E-state index is -3.48. The molecule has 1 heterocycles. The molecule has 0 radical (unpaired) electrons. The van der Waals surface area contributed by atoms with Crippen molar-refractivity contribution in [3.8, 4) is 0 Å². The second-order valence-electron chi connectivity index (χ2n) is 3.96. The number of nitrogens with one attached hydrogen (secondary N) is 2. The Kier molecular flexibility index (Phi) is 4.06. The van der Waals surface area contributed by atoms with Crippen LogP contribution in [-0.2, 0) is 10.0 Å². The van der Waals surface area contributed by atoms with Gasteiger partial charge in [0.05, 0.1) is 11.4 Å². The van der Waals surface area contributed by atoms with Crippen LogP contribution in [0.15, 0.2) is 4.90 Å². The Morgan fingerprint density at radius 1 is 1.50 bits per heavy atom. The molecule has 92 valence electrons. The van der Waals surface area contributed by atoms with Crippen LogP contribution < -0.4 is 10.5 Å². The van der Waals surface area contributed by atoms with E-state index in [4.69, 9.17) is 5.73 Å². The van der Waals surface area contributed by atoms with Crippen LogP contribution in [0.3, 0.4) is 0 Å². The van der Waals surface area contributed by atoms with E-state index in [2.05, 4.69) is 14.9 Å². The molecule has 7 heteroatoms. The zero-order valence-electron chi connectivity index (χ0n) is 9.74. The van der Waals surface area contributed by atoms with E-state index in [0.717, 1.165) is 0 Å². The van der Waals surface area contributed by atoms with Gasteiger partial charge in [0.15, 0.2) is 0 Å². The lowest BCUT2D eigenvalue weighted by molar-refractivity contribution is 0.544. The predicted octanol–water partition coefficient (Wildman–Crippen LogP) is -0.100. The lowest BCUT2D eigenvalue weighted by Gasteiger charge is -2.10. The Bertz CT molecular complexity index is 433. The second kappa shape index (κ2) is 4.94. The van der Waals surface area contributed by atoms with E-state index in [1.165, 1.54) is 0 Å². The molecule has 1 rings (SSSR count). The van der Waals surface area contributed by atoms with Gasteiger partial charge in [-0.1, -0.05) is 6.92 Å². The first-order valence-corrected chi connectivity index (χ1v) is 6.58. The smallest absolute Gasteiger partial charge is 0.244 e. The molecule has 1 aromatic heterocycles. The first-order chi connectivity index (χ1) is 7.38. The molecule has 1 unspecified atom stereocenters. The highest BCUT2D eigenvalue weighted by Gasteiger charge is 2.22. The van der Waals surface area contributed by atoms with E-state index in [-0.39, 0.29) is 10.8 Å². The van der Waals surface area contributed by atoms with Crippen LogP contribution in [0.2, 0.25) is 0 Å². The van der Waals surface area contributed by atoms with E-state index in [1.54, 1.807) is 13.8 Å². The molecule has 0 fully saturated rings. The average Bonchev–Trinajstić information content (AvgIpc) is 2.55. The number of aromatic nitrogens is 2. The molecule has 0 aliphatic rings. The summed E-state index contributed by atoms with van der Waals surface area (Å²) in [5.41, 5.74) is 6.45. The number of nitrogens with zero attached hydrogens (tertiary/aromatic N) is 1. The van der Waals surface area contributed by atoms with Crippen LogP contribution in [0.25, 0.3) is 0 Å². The molecule has 0 aliphatic carbocycles. The van der Waals surface area contributed by atoms with Crippen molar-refractivity contribution in [2.24, 2.45) is 11.7 Å². The van der Waals surface area contributed by atoms with Gasteiger partial charge in [-0.15, -0.1) is 0 Å². The van der Waals surface area contributed by atoms with Crippen LogP contribution in [-0.4, -0.2) is 31.7 Å². The van der Waals surface area contributed by atoms with Gasteiger partial charge in [0.1, 0.15) is 4.90 Å². The fraction of sp³-hybridized carbons (Fsp3) is 0.667. The summed E-state index contributed by atoms with van der Waals surface area (Å²) in [7, 11) is -3.48. The summed E-state index contributed by atoms with van der Waals surface area (Å²) in [6.45, 7) is 6.01. The highest BCUT2D eigenvalue weighted by Crippen LogP contribution is 2.16. The molecule has 0 saturated carbocycles. The van der Waals surface area contributed by atoms with E-state index in [9.17, 15) is 8.42 Å². The Balaban J connectivity index is 2.87. The van der Waals surface area contributed by atoms with Crippen LogP contribution in [0, 0.1) is 19.8 Å². The van der Waals surface area contributed by atoms with Crippen molar-refractivity contribution in [2.75, 3.05) is 13.1 Å². The summed E-state index contributed by atoms with van der Waals surface area (Å²) in [6.07, 6.45) is 0. The maximum atomic E-state index is 11.9. The lowest BCUT2D eigenvalue weighted by atomic mass is 10.2. The Morgan fingerprint density at radius 3 is 2.56 bits per heavy atom. The SMILES string of the molecule is Cc1n[nH]c(C)c1S(=O)(=O)NCC(C)CN. The van der Waals surface area contributed by atoms with Gasteiger partial charge in [-0.2, -0.15) is 5.10 Å². The summed E-state index contributed by atoms with van der Waals surface area (Å²) >= 11 is 0. The first kappa shape index (κ1) is 13.1. The van der Waals surface area contributed by atoms with Gasteiger partial charge in [0, 0.05) is 6.54 Å². The summed E-state index contributed by atoms with van der Waals surface area (Å²) in [6, 6.07) is 0. The predicted molar refractivity (Wildman–Crippen MR) is 61.5 cm³/mol. The van der Waals surface area contributed by atoms with Gasteiger partial charge in [-0.3, -0.25) is 5.10 Å². The number of rotatable bonds is 5. The van der Waals surface area contributed by atoms with Crippen molar-refractivity contribution in [3.63, 3.8) is 0 Å². The highest BCUT2D eigenvalue weighted by molar-refractivity contribution is 7.89. The molecule has 0 amide bonds. The Morgan fingerprint density at radius 2 is 2.12 bits per heavy atom. The first-order valence-electron chi connectivity index (χ1n) is 5.09. The van der Waals surface area contributed by atoms with Crippen LogP contribution >= 0.6 is 0 Å². The monoisotopic (exact) mass is 246 g/mol. The molecule has 0 aromatic carbocycles. The van der Waals surface area contributed by atoms with Crippen molar-refractivity contribution >= 4 is 10.0 Å². The number of hydrogen-bond donors (Lipinski definition) is 3. The molecule has 1 atom stereocenters. The molecule has 6 nitrogen and oxygen atoms in total. The standard InChI is InChI=1S/C9H18N4O2S/c1-6(4-10)5-11-16(14,15)9-7(2)12-13-8(9)3/h6,11H,4-5,10H2,1-3H3,(H,12,13). The zero-order chi connectivity index (χ0) is 12.3. The molecule has 0 spiro atoms. The molecule has 1 aromatic rings. The maximum absolute atomic E-state index is 11.9. The van der Waals surface area contributed by atoms with E-state index in [1.807, 2.05) is 6.92 Å². The Labute approximate surface area is 95.7 Å². The molecular weight excluding hydrogens is 228 g/mol. The number of hydrogen-bond acceptors (Lipinski definition) is 4. The molecule has 0 bridgehead atoms. The van der Waals surface area contributed by atoms with Gasteiger partial charge in [-0.05, 0) is 26.3 Å². The van der Waals surface area contributed by atoms with Gasteiger partial charge in [-0.25, -0.2) is 13.1 Å². The van der Waals surface area contributed by atoms with Gasteiger partial charge in [0.25, 0.3) is 0 Å². The summed E-state index contributed by atoms with van der Waals surface area (Å²) in [4.78, 5) is 0.233. The van der Waals surface area contributed by atoms with Crippen LogP contribution in [0.1, 0.15) is 18.3 Å². The van der Waals surface area contributed by atoms with E-state index < -0.39 is 10.0 Å². The van der Waals surface area contributed by atoms with E-state index in [0.29, 0.717) is 24.5 Å². The van der Waals surface area contributed by atoms with Crippen LogP contribution in [0.5, 0.6) is 0 Å². The minimum Gasteiger partial charge on any atom is -0.330 e. The minimum absolute atomic E-state index is 0.113. The van der Waals surface area contributed by atoms with Gasteiger partial charge in [0.2, 0.25) is 10.0 Å². The summed E-state index contributed by atoms with van der Waals surface area (Å²) in [5, 5.41) is 6.51. The normalized spacial score (nSPS) is 14.0. The average molecular weight is 246 g/mol. The third kappa shape index (κ3) is 2.81. The molecule has 0 saturated heterocycles. The van der Waals surface area contributed by atoms with Crippen molar-refractivity contribution in [2.45, 2.75) is 25.7 Å². The zero-order valence-corrected chi connectivity index (χ0v) is 10.6. The number of sulfonamides is 1.